The van der Waals surface area contributed by atoms with Crippen LogP contribution in [0.15, 0.2) is 52.0 Å². The highest BCUT2D eigenvalue weighted by Crippen LogP contribution is 2.42. The highest BCUT2D eigenvalue weighted by Gasteiger charge is 2.50. The summed E-state index contributed by atoms with van der Waals surface area (Å²) in [5, 5.41) is 30.2. The molecule has 1 heterocycles. The maximum atomic E-state index is 12.7. The van der Waals surface area contributed by atoms with Crippen LogP contribution in [0.3, 0.4) is 0 Å². The largest absolute Gasteiger partial charge is 0.507 e. The molecule has 2 amide bonds. The Morgan fingerprint density at radius 3 is 2.70 bits per heavy atom. The molecule has 0 spiro atoms. The number of hydrogen-bond donors (Lipinski definition) is 3. The lowest BCUT2D eigenvalue weighted by molar-refractivity contribution is -0.114. The minimum Gasteiger partial charge on any atom is -0.507 e. The van der Waals surface area contributed by atoms with E-state index in [1.807, 2.05) is 13.8 Å². The van der Waals surface area contributed by atoms with Crippen LogP contribution in [-0.2, 0) is 0 Å². The first-order valence-electron chi connectivity index (χ1n) is 8.68. The van der Waals surface area contributed by atoms with Crippen molar-refractivity contribution in [3.05, 3.63) is 57.5 Å². The number of halogens is 2. The molecule has 1 fully saturated rings. The molecule has 2 aromatic carbocycles. The Hall–Kier alpha value is -1.85. The van der Waals surface area contributed by atoms with Gasteiger partial charge in [-0.25, -0.2) is 9.80 Å². The molecule has 3 rings (SSSR count). The molecule has 7 nitrogen and oxygen atoms in total. The first-order valence-corrected chi connectivity index (χ1v) is 11.1. The molecule has 1 aliphatic heterocycles. The van der Waals surface area contributed by atoms with Gasteiger partial charge in [-0.1, -0.05) is 51.5 Å². The van der Waals surface area contributed by atoms with Crippen LogP contribution in [0.25, 0.3) is 0 Å². The number of phenolic OH excluding ortho intramolecular Hbond substituents is 1. The van der Waals surface area contributed by atoms with E-state index < -0.39 is 16.9 Å². The summed E-state index contributed by atoms with van der Waals surface area (Å²) in [5.41, 5.74) is 0.930. The first-order chi connectivity index (χ1) is 14.1. The zero-order valence-electron chi connectivity index (χ0n) is 15.9. The third-order valence-electron chi connectivity index (χ3n) is 4.24. The van der Waals surface area contributed by atoms with Crippen LogP contribution in [0.2, 0.25) is 5.02 Å². The molecular formula is C19H18BrClN4O3S2. The number of anilines is 1. The zero-order chi connectivity index (χ0) is 22.1. The SMILES string of the molecule is CC1(C)SC(=S)N(/N=C\c2cc(Br)ccc2O)[C@@H]1N(O)C(=O)Nc1ccc(Cl)cc1. The summed E-state index contributed by atoms with van der Waals surface area (Å²) < 4.78 is 0.497. The number of hydroxylamine groups is 2. The topological polar surface area (TPSA) is 88.4 Å². The molecule has 11 heteroatoms. The van der Waals surface area contributed by atoms with Crippen molar-refractivity contribution in [2.75, 3.05) is 5.32 Å². The summed E-state index contributed by atoms with van der Waals surface area (Å²) in [5.74, 6) is 0.0388. The number of nitrogens with one attached hydrogen (secondary N) is 1. The summed E-state index contributed by atoms with van der Waals surface area (Å²) in [6, 6.07) is 10.7. The lowest BCUT2D eigenvalue weighted by atomic mass is 10.1. The van der Waals surface area contributed by atoms with Gasteiger partial charge in [0.25, 0.3) is 0 Å². The third kappa shape index (κ3) is 5.06. The van der Waals surface area contributed by atoms with Gasteiger partial charge in [0, 0.05) is 20.7 Å². The molecule has 158 valence electrons. The van der Waals surface area contributed by atoms with Crippen LogP contribution < -0.4 is 5.32 Å². The number of thioether (sulfide) groups is 1. The van der Waals surface area contributed by atoms with E-state index in [1.54, 1.807) is 36.4 Å². The van der Waals surface area contributed by atoms with Crippen molar-refractivity contribution in [1.29, 1.82) is 0 Å². The van der Waals surface area contributed by atoms with Gasteiger partial charge in [-0.05, 0) is 56.3 Å². The van der Waals surface area contributed by atoms with Gasteiger partial charge in [-0.3, -0.25) is 5.21 Å². The maximum absolute atomic E-state index is 12.7. The van der Waals surface area contributed by atoms with Gasteiger partial charge >= 0.3 is 6.03 Å². The van der Waals surface area contributed by atoms with Crippen molar-refractivity contribution in [3.63, 3.8) is 0 Å². The number of amides is 2. The van der Waals surface area contributed by atoms with Crippen molar-refractivity contribution in [2.24, 2.45) is 5.10 Å². The van der Waals surface area contributed by atoms with Crippen LogP contribution in [0.4, 0.5) is 10.5 Å². The number of thiocarbonyl (C=S) groups is 1. The number of urea groups is 1. The van der Waals surface area contributed by atoms with Crippen molar-refractivity contribution in [1.82, 2.24) is 10.1 Å². The fourth-order valence-corrected chi connectivity index (χ4v) is 5.10. The number of carbonyl (C=O) groups excluding carboxylic acids is 1. The van der Waals surface area contributed by atoms with Gasteiger partial charge in [0.15, 0.2) is 10.5 Å². The van der Waals surface area contributed by atoms with Gasteiger partial charge in [0.2, 0.25) is 0 Å². The summed E-state index contributed by atoms with van der Waals surface area (Å²) in [7, 11) is 0. The second-order valence-corrected chi connectivity index (χ2v) is 10.6. The van der Waals surface area contributed by atoms with Crippen molar-refractivity contribution in [2.45, 2.75) is 24.8 Å². The van der Waals surface area contributed by atoms with E-state index in [4.69, 9.17) is 23.8 Å². The predicted octanol–water partition coefficient (Wildman–Crippen LogP) is 5.50. The molecule has 1 aliphatic rings. The molecular weight excluding hydrogens is 512 g/mol. The molecule has 0 bridgehead atoms. The lowest BCUT2D eigenvalue weighted by Gasteiger charge is -2.34. The highest BCUT2D eigenvalue weighted by molar-refractivity contribution is 9.10. The van der Waals surface area contributed by atoms with E-state index in [-0.39, 0.29) is 5.75 Å². The van der Waals surface area contributed by atoms with E-state index in [1.165, 1.54) is 29.1 Å². The van der Waals surface area contributed by atoms with Crippen LogP contribution >= 0.6 is 51.5 Å². The maximum Gasteiger partial charge on any atom is 0.347 e. The quantitative estimate of drug-likeness (QED) is 0.210. The van der Waals surface area contributed by atoms with Crippen LogP contribution in [-0.4, -0.2) is 47.9 Å². The number of nitrogens with zero attached hydrogens (tertiary/aromatic N) is 3. The van der Waals surface area contributed by atoms with Gasteiger partial charge < -0.3 is 10.4 Å². The molecule has 0 radical (unpaired) electrons. The number of benzene rings is 2. The normalized spacial score (nSPS) is 18.1. The molecule has 0 aromatic heterocycles. The van der Waals surface area contributed by atoms with Crippen molar-refractivity contribution >= 4 is 73.8 Å². The molecule has 0 saturated carbocycles. The van der Waals surface area contributed by atoms with E-state index in [2.05, 4.69) is 26.3 Å². The van der Waals surface area contributed by atoms with E-state index in [0.717, 1.165) is 4.47 Å². The number of hydrogen-bond acceptors (Lipinski definition) is 6. The lowest BCUT2D eigenvalue weighted by Crippen LogP contribution is -2.54. The van der Waals surface area contributed by atoms with Crippen LogP contribution in [0.5, 0.6) is 5.75 Å². The predicted molar refractivity (Wildman–Crippen MR) is 127 cm³/mol. The number of aromatic hydroxyl groups is 1. The fourth-order valence-electron chi connectivity index (χ4n) is 2.81. The molecule has 0 unspecified atom stereocenters. The van der Waals surface area contributed by atoms with Gasteiger partial charge in [-0.2, -0.15) is 10.2 Å². The molecule has 0 aliphatic carbocycles. The molecule has 1 saturated heterocycles. The van der Waals surface area contributed by atoms with E-state index in [9.17, 15) is 15.1 Å². The van der Waals surface area contributed by atoms with Crippen molar-refractivity contribution < 1.29 is 15.1 Å². The Morgan fingerprint density at radius 1 is 1.37 bits per heavy atom. The van der Waals surface area contributed by atoms with Crippen LogP contribution in [0.1, 0.15) is 19.4 Å². The Bertz CT molecular complexity index is 1000. The van der Waals surface area contributed by atoms with E-state index >= 15 is 0 Å². The first kappa shape index (κ1) is 22.8. The molecule has 30 heavy (non-hydrogen) atoms. The average Bonchev–Trinajstić information content (AvgIpc) is 2.91. The third-order valence-corrected chi connectivity index (χ3v) is 6.52. The smallest absolute Gasteiger partial charge is 0.347 e. The zero-order valence-corrected chi connectivity index (χ0v) is 19.9. The fraction of sp³-hybridized carbons (Fsp3) is 0.211. The van der Waals surface area contributed by atoms with Gasteiger partial charge in [0.1, 0.15) is 5.75 Å². The Kier molecular flexibility index (Phi) is 6.93. The minimum atomic E-state index is -0.882. The summed E-state index contributed by atoms with van der Waals surface area (Å²) in [4.78, 5) is 12.7. The number of phenols is 1. The van der Waals surface area contributed by atoms with Gasteiger partial charge in [0.05, 0.1) is 11.0 Å². The van der Waals surface area contributed by atoms with Gasteiger partial charge in [-0.15, -0.1) is 0 Å². The standard InChI is InChI=1S/C19H18BrClN4O3S2/c1-19(2)16(25(28)17(27)23-14-6-4-13(21)5-7-14)24(18(29)30-19)22-10-11-9-12(20)3-8-15(11)26/h3-10,16,26,28H,1-2H3,(H,23,27)/b22-10-/t16-/m1/s1. The Labute approximate surface area is 196 Å². The molecule has 2 aromatic rings. The summed E-state index contributed by atoms with van der Waals surface area (Å²) in [6.45, 7) is 3.69. The van der Waals surface area contributed by atoms with Crippen LogP contribution in [0, 0.1) is 0 Å². The number of hydrazone groups is 1. The monoisotopic (exact) mass is 528 g/mol. The molecule has 1 atom stereocenters. The minimum absolute atomic E-state index is 0.0388. The van der Waals surface area contributed by atoms with Crippen molar-refractivity contribution in [3.8, 4) is 5.75 Å². The average molecular weight is 530 g/mol. The van der Waals surface area contributed by atoms with E-state index in [0.29, 0.717) is 25.7 Å². The Balaban J connectivity index is 1.84. The Morgan fingerprint density at radius 2 is 2.03 bits per heavy atom. The highest BCUT2D eigenvalue weighted by atomic mass is 79.9. The number of carbonyl (C=O) groups is 1. The second-order valence-electron chi connectivity index (χ2n) is 6.92. The molecule has 3 N–H and O–H groups in total. The summed E-state index contributed by atoms with van der Waals surface area (Å²) in [6.07, 6.45) is 0.541. The second kappa shape index (κ2) is 9.11. The summed E-state index contributed by atoms with van der Waals surface area (Å²) >= 11 is 15.9. The number of rotatable bonds is 4.